The summed E-state index contributed by atoms with van der Waals surface area (Å²) in [5, 5.41) is 3.43. The molecule has 1 aliphatic rings. The van der Waals surface area contributed by atoms with E-state index in [9.17, 15) is 0 Å². The van der Waals surface area contributed by atoms with Crippen molar-refractivity contribution in [2.24, 2.45) is 5.73 Å². The minimum Gasteiger partial charge on any atom is -0.382 e. The van der Waals surface area contributed by atoms with E-state index in [1.54, 1.807) is 0 Å². The van der Waals surface area contributed by atoms with Crippen LogP contribution < -0.4 is 11.1 Å². The highest BCUT2D eigenvalue weighted by molar-refractivity contribution is 5.74. The fourth-order valence-electron chi connectivity index (χ4n) is 2.73. The van der Waals surface area contributed by atoms with Gasteiger partial charge < -0.3 is 11.1 Å². The number of benzene rings is 1. The summed E-state index contributed by atoms with van der Waals surface area (Å²) in [5.74, 6) is 1.54. The molecule has 3 rings (SSSR count). The van der Waals surface area contributed by atoms with Crippen molar-refractivity contribution < 1.29 is 0 Å². The van der Waals surface area contributed by atoms with Crippen LogP contribution in [0, 0.1) is 6.92 Å². The lowest BCUT2D eigenvalue weighted by Crippen LogP contribution is -2.15. The SMILES string of the molecule is Cc1cccc(-c2nc(C3CCC3)ncc2NCCCN)c1. The Labute approximate surface area is 132 Å². The molecule has 0 aliphatic heterocycles. The molecule has 0 bridgehead atoms. The molecule has 1 aromatic heterocycles. The second kappa shape index (κ2) is 6.88. The Morgan fingerprint density at radius 1 is 1.32 bits per heavy atom. The van der Waals surface area contributed by atoms with Gasteiger partial charge in [-0.05, 0) is 38.8 Å². The van der Waals surface area contributed by atoms with Gasteiger partial charge >= 0.3 is 0 Å². The third-order valence-corrected chi connectivity index (χ3v) is 4.27. The van der Waals surface area contributed by atoms with E-state index < -0.39 is 0 Å². The van der Waals surface area contributed by atoms with Gasteiger partial charge in [0, 0.05) is 18.0 Å². The number of nitrogens with two attached hydrogens (primary N) is 1. The monoisotopic (exact) mass is 296 g/mol. The van der Waals surface area contributed by atoms with Gasteiger partial charge in [0.25, 0.3) is 0 Å². The molecule has 4 nitrogen and oxygen atoms in total. The zero-order valence-electron chi connectivity index (χ0n) is 13.2. The average Bonchev–Trinajstić information content (AvgIpc) is 2.47. The van der Waals surface area contributed by atoms with Crippen LogP contribution in [-0.4, -0.2) is 23.1 Å². The van der Waals surface area contributed by atoms with Crippen LogP contribution in [-0.2, 0) is 0 Å². The van der Waals surface area contributed by atoms with Gasteiger partial charge in [-0.2, -0.15) is 0 Å². The summed E-state index contributed by atoms with van der Waals surface area (Å²) in [6.45, 7) is 3.65. The molecule has 0 radical (unpaired) electrons. The lowest BCUT2D eigenvalue weighted by Gasteiger charge is -2.24. The molecular formula is C18H24N4. The minimum atomic E-state index is 0.543. The second-order valence-electron chi connectivity index (χ2n) is 6.06. The highest BCUT2D eigenvalue weighted by Crippen LogP contribution is 2.36. The van der Waals surface area contributed by atoms with Crippen LogP contribution in [0.15, 0.2) is 30.5 Å². The van der Waals surface area contributed by atoms with Crippen LogP contribution in [0.5, 0.6) is 0 Å². The van der Waals surface area contributed by atoms with Crippen molar-refractivity contribution in [2.75, 3.05) is 18.4 Å². The highest BCUT2D eigenvalue weighted by atomic mass is 15.0. The van der Waals surface area contributed by atoms with E-state index in [0.29, 0.717) is 12.5 Å². The molecule has 1 heterocycles. The van der Waals surface area contributed by atoms with Gasteiger partial charge in [0.1, 0.15) is 5.82 Å². The number of nitrogens with one attached hydrogen (secondary N) is 1. The zero-order valence-corrected chi connectivity index (χ0v) is 13.2. The van der Waals surface area contributed by atoms with Crippen LogP contribution >= 0.6 is 0 Å². The zero-order chi connectivity index (χ0) is 15.4. The molecule has 0 unspecified atom stereocenters. The van der Waals surface area contributed by atoms with Gasteiger partial charge in [0.05, 0.1) is 17.6 Å². The van der Waals surface area contributed by atoms with Gasteiger partial charge in [-0.25, -0.2) is 9.97 Å². The fraction of sp³-hybridized carbons (Fsp3) is 0.444. The Morgan fingerprint density at radius 3 is 2.86 bits per heavy atom. The number of nitrogens with zero attached hydrogens (tertiary/aromatic N) is 2. The van der Waals surface area contributed by atoms with E-state index >= 15 is 0 Å². The number of aryl methyl sites for hydroxylation is 1. The Kier molecular flexibility index (Phi) is 4.68. The number of rotatable bonds is 6. The van der Waals surface area contributed by atoms with E-state index in [4.69, 9.17) is 10.7 Å². The topological polar surface area (TPSA) is 63.8 Å². The molecule has 0 saturated heterocycles. The fourth-order valence-corrected chi connectivity index (χ4v) is 2.73. The molecule has 1 saturated carbocycles. The lowest BCUT2D eigenvalue weighted by atomic mass is 9.85. The van der Waals surface area contributed by atoms with E-state index in [-0.39, 0.29) is 0 Å². The number of hydrogen-bond donors (Lipinski definition) is 2. The molecule has 2 aromatic rings. The maximum Gasteiger partial charge on any atom is 0.132 e. The lowest BCUT2D eigenvalue weighted by molar-refractivity contribution is 0.402. The molecule has 3 N–H and O–H groups in total. The first-order valence-electron chi connectivity index (χ1n) is 8.16. The highest BCUT2D eigenvalue weighted by Gasteiger charge is 2.23. The summed E-state index contributed by atoms with van der Waals surface area (Å²) in [4.78, 5) is 9.46. The van der Waals surface area contributed by atoms with Crippen LogP contribution in [0.4, 0.5) is 5.69 Å². The largest absolute Gasteiger partial charge is 0.382 e. The maximum absolute atomic E-state index is 5.58. The average molecular weight is 296 g/mol. The minimum absolute atomic E-state index is 0.543. The molecular weight excluding hydrogens is 272 g/mol. The summed E-state index contributed by atoms with van der Waals surface area (Å²) < 4.78 is 0. The summed E-state index contributed by atoms with van der Waals surface area (Å²) >= 11 is 0. The molecule has 0 atom stereocenters. The van der Waals surface area contributed by atoms with E-state index in [1.807, 2.05) is 6.20 Å². The van der Waals surface area contributed by atoms with Crippen LogP contribution in [0.3, 0.4) is 0 Å². The summed E-state index contributed by atoms with van der Waals surface area (Å²) in [6.07, 6.45) is 6.61. The van der Waals surface area contributed by atoms with Crippen molar-refractivity contribution in [1.29, 1.82) is 0 Å². The van der Waals surface area contributed by atoms with Gasteiger partial charge in [0.15, 0.2) is 0 Å². The van der Waals surface area contributed by atoms with Crippen LogP contribution in [0.1, 0.15) is 43.0 Å². The summed E-state index contributed by atoms with van der Waals surface area (Å²) in [5.41, 5.74) is 9.99. The number of aromatic nitrogens is 2. The summed E-state index contributed by atoms with van der Waals surface area (Å²) in [6, 6.07) is 8.49. The van der Waals surface area contributed by atoms with E-state index in [2.05, 4.69) is 41.5 Å². The molecule has 0 spiro atoms. The first-order valence-corrected chi connectivity index (χ1v) is 8.16. The molecule has 22 heavy (non-hydrogen) atoms. The standard InChI is InChI=1S/C18H24N4/c1-13-5-2-8-15(11-13)17-16(20-10-4-9-19)12-21-18(22-17)14-6-3-7-14/h2,5,8,11-12,14,20H,3-4,6-7,9-10,19H2,1H3. The predicted octanol–water partition coefficient (Wildman–Crippen LogP) is 3.48. The molecule has 1 aromatic carbocycles. The number of hydrogen-bond acceptors (Lipinski definition) is 4. The molecule has 1 fully saturated rings. The molecule has 0 amide bonds. The third-order valence-electron chi connectivity index (χ3n) is 4.27. The van der Waals surface area contributed by atoms with Gasteiger partial charge in [0.2, 0.25) is 0 Å². The molecule has 1 aliphatic carbocycles. The van der Waals surface area contributed by atoms with Gasteiger partial charge in [-0.1, -0.05) is 30.2 Å². The van der Waals surface area contributed by atoms with Crippen molar-refractivity contribution in [2.45, 2.75) is 38.5 Å². The van der Waals surface area contributed by atoms with Gasteiger partial charge in [-0.3, -0.25) is 0 Å². The first kappa shape index (κ1) is 15.0. The van der Waals surface area contributed by atoms with Crippen molar-refractivity contribution in [3.8, 4) is 11.3 Å². The normalized spacial score (nSPS) is 14.6. The molecule has 116 valence electrons. The smallest absolute Gasteiger partial charge is 0.132 e. The van der Waals surface area contributed by atoms with E-state index in [0.717, 1.165) is 35.7 Å². The Bertz CT molecular complexity index is 635. The Morgan fingerprint density at radius 2 is 2.18 bits per heavy atom. The quantitative estimate of drug-likeness (QED) is 0.801. The van der Waals surface area contributed by atoms with Gasteiger partial charge in [-0.15, -0.1) is 0 Å². The number of anilines is 1. The van der Waals surface area contributed by atoms with Crippen LogP contribution in [0.25, 0.3) is 11.3 Å². The van der Waals surface area contributed by atoms with Crippen molar-refractivity contribution in [3.63, 3.8) is 0 Å². The van der Waals surface area contributed by atoms with Crippen molar-refractivity contribution >= 4 is 5.69 Å². The Hall–Kier alpha value is -1.94. The van der Waals surface area contributed by atoms with E-state index in [1.165, 1.54) is 24.8 Å². The van der Waals surface area contributed by atoms with Crippen molar-refractivity contribution in [1.82, 2.24) is 9.97 Å². The predicted molar refractivity (Wildman–Crippen MR) is 91.0 cm³/mol. The summed E-state index contributed by atoms with van der Waals surface area (Å²) in [7, 11) is 0. The second-order valence-corrected chi connectivity index (χ2v) is 6.06. The van der Waals surface area contributed by atoms with Crippen LogP contribution in [0.2, 0.25) is 0 Å². The Balaban J connectivity index is 1.94. The maximum atomic E-state index is 5.58. The first-order chi connectivity index (χ1) is 10.8. The van der Waals surface area contributed by atoms with Crippen molar-refractivity contribution in [3.05, 3.63) is 41.9 Å². The molecule has 4 heteroatoms. The third kappa shape index (κ3) is 3.28.